The van der Waals surface area contributed by atoms with Gasteiger partial charge in [-0.25, -0.2) is 4.79 Å². The molecule has 3 N–H and O–H groups in total. The molecule has 0 heterocycles. The molecule has 8 nitrogen and oxygen atoms in total. The monoisotopic (exact) mass is 539 g/mol. The topological polar surface area (TPSA) is 108 Å². The fraction of sp³-hybridized carbons (Fsp3) is 0.516. The number of nitrogens with one attached hydrogen (secondary N) is 2. The Labute approximate surface area is 233 Å². The van der Waals surface area contributed by atoms with Gasteiger partial charge in [-0.3, -0.25) is 9.59 Å². The predicted octanol–water partition coefficient (Wildman–Crippen LogP) is 5.34. The van der Waals surface area contributed by atoms with E-state index in [0.717, 1.165) is 22.3 Å². The van der Waals surface area contributed by atoms with Crippen molar-refractivity contribution >= 4 is 17.9 Å². The highest BCUT2D eigenvalue weighted by molar-refractivity contribution is 5.92. The van der Waals surface area contributed by atoms with E-state index in [4.69, 9.17) is 4.74 Å². The van der Waals surface area contributed by atoms with E-state index in [0.29, 0.717) is 13.0 Å². The molecule has 0 aliphatic heterocycles. The fourth-order valence-corrected chi connectivity index (χ4v) is 4.35. The van der Waals surface area contributed by atoms with Crippen LogP contribution in [0.15, 0.2) is 42.5 Å². The van der Waals surface area contributed by atoms with Crippen molar-refractivity contribution in [1.29, 1.82) is 0 Å². The van der Waals surface area contributed by atoms with Crippen LogP contribution in [0.5, 0.6) is 5.75 Å². The number of amides is 3. The van der Waals surface area contributed by atoms with E-state index >= 15 is 0 Å². The minimum Gasteiger partial charge on any atom is -0.508 e. The van der Waals surface area contributed by atoms with Gasteiger partial charge in [-0.15, -0.1) is 0 Å². The molecule has 2 unspecified atom stereocenters. The number of alkyl carbamates (subject to hydrolysis) is 1. The number of nitrogens with zero attached hydrogens (tertiary/aromatic N) is 1. The van der Waals surface area contributed by atoms with Crippen LogP contribution in [0.25, 0.3) is 0 Å². The first-order chi connectivity index (χ1) is 18.0. The van der Waals surface area contributed by atoms with E-state index in [2.05, 4.69) is 10.6 Å². The van der Waals surface area contributed by atoms with Gasteiger partial charge in [-0.05, 0) is 90.6 Å². The summed E-state index contributed by atoms with van der Waals surface area (Å²) >= 11 is 0. The normalized spacial score (nSPS) is 13.3. The van der Waals surface area contributed by atoms with E-state index < -0.39 is 35.2 Å². The molecule has 0 saturated heterocycles. The maximum Gasteiger partial charge on any atom is 0.408 e. The molecule has 0 radical (unpaired) electrons. The molecule has 0 aliphatic carbocycles. The minimum absolute atomic E-state index is 0.100. The van der Waals surface area contributed by atoms with Gasteiger partial charge >= 0.3 is 6.09 Å². The molecule has 39 heavy (non-hydrogen) atoms. The third-order valence-electron chi connectivity index (χ3n) is 5.89. The average molecular weight is 540 g/mol. The Hall–Kier alpha value is -3.55. The molecular weight excluding hydrogens is 494 g/mol. The number of phenolic OH excluding ortho intramolecular Hbond substituents is 1. The summed E-state index contributed by atoms with van der Waals surface area (Å²) < 4.78 is 5.47. The van der Waals surface area contributed by atoms with Gasteiger partial charge < -0.3 is 25.4 Å². The van der Waals surface area contributed by atoms with Crippen LogP contribution < -0.4 is 10.6 Å². The van der Waals surface area contributed by atoms with Crippen LogP contribution in [0.4, 0.5) is 4.79 Å². The van der Waals surface area contributed by atoms with Crippen molar-refractivity contribution in [2.75, 3.05) is 6.54 Å². The van der Waals surface area contributed by atoms with Crippen molar-refractivity contribution in [3.63, 3.8) is 0 Å². The Morgan fingerprint density at radius 1 is 0.974 bits per heavy atom. The molecule has 3 amide bonds. The highest BCUT2D eigenvalue weighted by Gasteiger charge is 2.37. The van der Waals surface area contributed by atoms with Crippen molar-refractivity contribution in [2.24, 2.45) is 0 Å². The number of ether oxygens (including phenoxy) is 1. The van der Waals surface area contributed by atoms with Gasteiger partial charge in [-0.1, -0.05) is 42.8 Å². The molecule has 8 heteroatoms. The summed E-state index contributed by atoms with van der Waals surface area (Å²) in [6, 6.07) is 10.4. The van der Waals surface area contributed by atoms with E-state index in [1.807, 2.05) is 59.7 Å². The molecule has 0 saturated carbocycles. The molecule has 2 atom stereocenters. The first-order valence-corrected chi connectivity index (χ1v) is 13.5. The maximum absolute atomic E-state index is 14.3. The molecule has 0 spiro atoms. The lowest BCUT2D eigenvalue weighted by atomic mass is 9.94. The molecule has 2 rings (SSSR count). The van der Waals surface area contributed by atoms with Crippen molar-refractivity contribution in [2.45, 2.75) is 98.4 Å². The molecule has 0 aliphatic rings. The lowest BCUT2D eigenvalue weighted by molar-refractivity contribution is -0.143. The number of aromatic hydroxyl groups is 1. The number of aryl methyl sites for hydroxylation is 2. The summed E-state index contributed by atoms with van der Waals surface area (Å²) in [7, 11) is 0. The highest BCUT2D eigenvalue weighted by Crippen LogP contribution is 2.28. The van der Waals surface area contributed by atoms with Crippen molar-refractivity contribution in [3.8, 4) is 5.75 Å². The summed E-state index contributed by atoms with van der Waals surface area (Å²) in [6.45, 7) is 17.1. The van der Waals surface area contributed by atoms with Gasteiger partial charge in [0.05, 0.1) is 0 Å². The molecule has 0 aromatic heterocycles. The zero-order valence-corrected chi connectivity index (χ0v) is 24.8. The molecule has 0 fully saturated rings. The zero-order valence-electron chi connectivity index (χ0n) is 24.8. The van der Waals surface area contributed by atoms with Gasteiger partial charge in [0.2, 0.25) is 11.8 Å². The SMILES string of the molecule is CCCN(C(=O)C(Cc1ccc(O)cc1)NC(=O)OC(C)(C)C)C(C(=O)NC(C)(C)C)c1ccc(C)cc1C. The van der Waals surface area contributed by atoms with Crippen molar-refractivity contribution < 1.29 is 24.2 Å². The lowest BCUT2D eigenvalue weighted by Crippen LogP contribution is -2.55. The van der Waals surface area contributed by atoms with Gasteiger partial charge in [0.1, 0.15) is 23.4 Å². The Bertz CT molecular complexity index is 1150. The van der Waals surface area contributed by atoms with E-state index in [1.165, 1.54) is 12.1 Å². The Balaban J connectivity index is 2.59. The summed E-state index contributed by atoms with van der Waals surface area (Å²) in [5, 5.41) is 15.5. The number of carbonyl (C=O) groups is 3. The molecule has 2 aromatic rings. The van der Waals surface area contributed by atoms with Gasteiger partial charge in [0.25, 0.3) is 0 Å². The van der Waals surface area contributed by atoms with Crippen LogP contribution >= 0.6 is 0 Å². The summed E-state index contributed by atoms with van der Waals surface area (Å²) in [5.74, 6) is -0.593. The minimum atomic E-state index is -1.01. The summed E-state index contributed by atoms with van der Waals surface area (Å²) in [5.41, 5.74) is 2.14. The van der Waals surface area contributed by atoms with Gasteiger partial charge in [0.15, 0.2) is 0 Å². The fourth-order valence-electron chi connectivity index (χ4n) is 4.35. The second kappa shape index (κ2) is 13.0. The summed E-state index contributed by atoms with van der Waals surface area (Å²) in [6.07, 6.45) is 0.0335. The largest absolute Gasteiger partial charge is 0.508 e. The third-order valence-corrected chi connectivity index (χ3v) is 5.89. The number of phenols is 1. The van der Waals surface area contributed by atoms with Gasteiger partial charge in [-0.2, -0.15) is 0 Å². The van der Waals surface area contributed by atoms with E-state index in [1.54, 1.807) is 37.8 Å². The number of benzene rings is 2. The van der Waals surface area contributed by atoms with Crippen molar-refractivity contribution in [3.05, 3.63) is 64.7 Å². The average Bonchev–Trinajstić information content (AvgIpc) is 2.78. The maximum atomic E-state index is 14.3. The van der Waals surface area contributed by atoms with Crippen molar-refractivity contribution in [1.82, 2.24) is 15.5 Å². The third kappa shape index (κ3) is 9.93. The first-order valence-electron chi connectivity index (χ1n) is 13.5. The van der Waals surface area contributed by atoms with Crippen LogP contribution in [-0.2, 0) is 20.7 Å². The molecule has 214 valence electrons. The van der Waals surface area contributed by atoms with Gasteiger partial charge in [0, 0.05) is 18.5 Å². The number of rotatable bonds is 9. The zero-order chi connectivity index (χ0) is 29.5. The quantitative estimate of drug-likeness (QED) is 0.399. The standard InChI is InChI=1S/C31H45N3O5/c1-10-17-34(26(27(36)33-30(4,5)6)24-16-11-20(2)18-21(24)3)28(37)25(32-29(38)39-31(7,8)9)19-22-12-14-23(35)15-13-22/h11-16,18,25-26,35H,10,17,19H2,1-9H3,(H,32,38)(H,33,36). The smallest absolute Gasteiger partial charge is 0.408 e. The molecule has 0 bridgehead atoms. The number of carbonyl (C=O) groups excluding carboxylic acids is 3. The van der Waals surface area contributed by atoms with Crippen LogP contribution in [0.1, 0.15) is 83.2 Å². The molecule has 2 aromatic carbocycles. The Kier molecular flexibility index (Phi) is 10.6. The molecular formula is C31H45N3O5. The number of hydrogen-bond acceptors (Lipinski definition) is 5. The first kappa shape index (κ1) is 31.7. The predicted molar refractivity (Wildman–Crippen MR) is 154 cm³/mol. The number of hydrogen-bond donors (Lipinski definition) is 3. The lowest BCUT2D eigenvalue weighted by Gasteiger charge is -2.36. The Morgan fingerprint density at radius 2 is 1.59 bits per heavy atom. The van der Waals surface area contributed by atoms with Crippen LogP contribution in [0.3, 0.4) is 0 Å². The summed E-state index contributed by atoms with van der Waals surface area (Å²) in [4.78, 5) is 42.5. The highest BCUT2D eigenvalue weighted by atomic mass is 16.6. The second-order valence-corrected chi connectivity index (χ2v) is 12.1. The van der Waals surface area contributed by atoms with Crippen LogP contribution in [0, 0.1) is 13.8 Å². The van der Waals surface area contributed by atoms with Crippen LogP contribution in [0.2, 0.25) is 0 Å². The second-order valence-electron chi connectivity index (χ2n) is 12.1. The Morgan fingerprint density at radius 3 is 2.10 bits per heavy atom. The van der Waals surface area contributed by atoms with E-state index in [-0.39, 0.29) is 18.1 Å². The van der Waals surface area contributed by atoms with E-state index in [9.17, 15) is 19.5 Å². The van der Waals surface area contributed by atoms with Crippen LogP contribution in [-0.4, -0.2) is 51.6 Å².